The van der Waals surface area contributed by atoms with Crippen molar-refractivity contribution in [3.8, 4) is 5.75 Å². The molecule has 1 unspecified atom stereocenters. The van der Waals surface area contributed by atoms with Crippen LogP contribution in [0.4, 0.5) is 0 Å². The molecule has 0 fully saturated rings. The van der Waals surface area contributed by atoms with Crippen molar-refractivity contribution < 1.29 is 4.74 Å². The fourth-order valence-corrected chi connectivity index (χ4v) is 2.96. The maximum absolute atomic E-state index is 5.52. The zero-order chi connectivity index (χ0) is 15.6. The number of methoxy groups -OCH3 is 1. The lowest BCUT2D eigenvalue weighted by Crippen LogP contribution is -2.23. The Morgan fingerprint density at radius 1 is 1.33 bits per heavy atom. The van der Waals surface area contributed by atoms with Gasteiger partial charge < -0.3 is 10.1 Å². The number of rotatable bonds is 5. The summed E-state index contributed by atoms with van der Waals surface area (Å²) in [5.74, 6) is 0.808. The van der Waals surface area contributed by atoms with E-state index in [0.717, 1.165) is 15.9 Å². The summed E-state index contributed by atoms with van der Waals surface area (Å²) in [7, 11) is 3.65. The van der Waals surface area contributed by atoms with Crippen LogP contribution in [0.25, 0.3) is 0 Å². The quantitative estimate of drug-likeness (QED) is 0.888. The van der Waals surface area contributed by atoms with Crippen molar-refractivity contribution in [3.05, 3.63) is 45.7 Å². The van der Waals surface area contributed by atoms with Gasteiger partial charge in [0.2, 0.25) is 0 Å². The molecule has 0 radical (unpaired) electrons. The monoisotopic (exact) mass is 351 g/mol. The molecule has 1 aromatic heterocycles. The van der Waals surface area contributed by atoms with Gasteiger partial charge in [-0.1, -0.05) is 28.1 Å². The van der Waals surface area contributed by atoms with Crippen LogP contribution in [-0.4, -0.2) is 23.9 Å². The zero-order valence-corrected chi connectivity index (χ0v) is 14.7. The third-order valence-corrected chi connectivity index (χ3v) is 4.55. The molecule has 0 saturated carbocycles. The molecule has 0 aliphatic rings. The van der Waals surface area contributed by atoms with Crippen LogP contribution in [0.15, 0.2) is 28.9 Å². The molecule has 4 nitrogen and oxygen atoms in total. The van der Waals surface area contributed by atoms with Crippen molar-refractivity contribution in [1.29, 1.82) is 0 Å². The van der Waals surface area contributed by atoms with E-state index in [0.29, 0.717) is 0 Å². The van der Waals surface area contributed by atoms with E-state index in [1.807, 2.05) is 11.7 Å². The molecule has 1 heterocycles. The Kier molecular flexibility index (Phi) is 5.06. The molecule has 0 aliphatic heterocycles. The molecule has 1 aromatic carbocycles. The predicted octanol–water partition coefficient (Wildman–Crippen LogP) is 3.85. The lowest BCUT2D eigenvalue weighted by Gasteiger charge is -2.23. The molecule has 1 atom stereocenters. The molecule has 1 N–H and O–H groups in total. The van der Waals surface area contributed by atoms with Crippen LogP contribution in [0.5, 0.6) is 5.75 Å². The summed E-state index contributed by atoms with van der Waals surface area (Å²) in [6.45, 7) is 6.36. The normalized spacial score (nSPS) is 12.7. The summed E-state index contributed by atoms with van der Waals surface area (Å²) < 4.78 is 8.64. The van der Waals surface area contributed by atoms with Crippen molar-refractivity contribution in [1.82, 2.24) is 15.1 Å². The highest BCUT2D eigenvalue weighted by Gasteiger charge is 2.25. The van der Waals surface area contributed by atoms with Crippen molar-refractivity contribution in [2.24, 2.45) is 0 Å². The average Bonchev–Trinajstić information content (AvgIpc) is 2.88. The van der Waals surface area contributed by atoms with Gasteiger partial charge in [-0.25, -0.2) is 0 Å². The summed E-state index contributed by atoms with van der Waals surface area (Å²) >= 11 is 3.61. The Labute approximate surface area is 134 Å². The minimum atomic E-state index is 0.0300. The first-order valence-corrected chi connectivity index (χ1v) is 7.84. The number of hydrogen-bond acceptors (Lipinski definition) is 3. The Bertz CT molecular complexity index is 622. The van der Waals surface area contributed by atoms with Crippen molar-refractivity contribution >= 4 is 15.9 Å². The van der Waals surface area contributed by atoms with Gasteiger partial charge >= 0.3 is 0 Å². The maximum Gasteiger partial charge on any atom is 0.161 e. The van der Waals surface area contributed by atoms with Crippen molar-refractivity contribution in [3.63, 3.8) is 0 Å². The Morgan fingerprint density at radius 2 is 2.05 bits per heavy atom. The van der Waals surface area contributed by atoms with Crippen molar-refractivity contribution in [2.45, 2.75) is 32.9 Å². The van der Waals surface area contributed by atoms with Gasteiger partial charge in [-0.15, -0.1) is 0 Å². The van der Waals surface area contributed by atoms with Crippen LogP contribution in [-0.2, 0) is 0 Å². The first kappa shape index (κ1) is 16.0. The first-order valence-electron chi connectivity index (χ1n) is 7.04. The molecule has 0 bridgehead atoms. The average molecular weight is 352 g/mol. The number of ether oxygens (including phenoxy) is 1. The SMILES string of the molecule is CNC(c1cccc(Br)c1C)c1c(OC)cnn1C(C)C. The molecule has 0 amide bonds. The summed E-state index contributed by atoms with van der Waals surface area (Å²) in [4.78, 5) is 0. The summed E-state index contributed by atoms with van der Waals surface area (Å²) in [5.41, 5.74) is 3.49. The van der Waals surface area contributed by atoms with Crippen LogP contribution in [0.2, 0.25) is 0 Å². The van der Waals surface area contributed by atoms with E-state index in [4.69, 9.17) is 4.74 Å². The van der Waals surface area contributed by atoms with Crippen molar-refractivity contribution in [2.75, 3.05) is 14.2 Å². The van der Waals surface area contributed by atoms with Gasteiger partial charge in [0.1, 0.15) is 5.69 Å². The smallest absolute Gasteiger partial charge is 0.161 e. The Morgan fingerprint density at radius 3 is 2.62 bits per heavy atom. The van der Waals surface area contributed by atoms with E-state index in [1.165, 1.54) is 11.1 Å². The molecule has 0 saturated heterocycles. The van der Waals surface area contributed by atoms with E-state index >= 15 is 0 Å². The summed E-state index contributed by atoms with van der Waals surface area (Å²) in [6.07, 6.45) is 1.78. The highest BCUT2D eigenvalue weighted by molar-refractivity contribution is 9.10. The van der Waals surface area contributed by atoms with E-state index in [-0.39, 0.29) is 12.1 Å². The Balaban J connectivity index is 2.61. The third-order valence-electron chi connectivity index (χ3n) is 3.69. The molecule has 21 heavy (non-hydrogen) atoms. The van der Waals surface area contributed by atoms with Gasteiger partial charge in [-0.2, -0.15) is 5.10 Å². The number of aromatic nitrogens is 2. The molecule has 2 aromatic rings. The van der Waals surface area contributed by atoms with Crippen LogP contribution in [0.3, 0.4) is 0 Å². The van der Waals surface area contributed by atoms with Crippen LogP contribution >= 0.6 is 15.9 Å². The van der Waals surface area contributed by atoms with Gasteiger partial charge in [0.15, 0.2) is 5.75 Å². The fourth-order valence-electron chi connectivity index (χ4n) is 2.58. The lowest BCUT2D eigenvalue weighted by molar-refractivity contribution is 0.396. The minimum absolute atomic E-state index is 0.0300. The van der Waals surface area contributed by atoms with Gasteiger partial charge in [0.05, 0.1) is 19.3 Å². The topological polar surface area (TPSA) is 39.1 Å². The van der Waals surface area contributed by atoms with Crippen LogP contribution < -0.4 is 10.1 Å². The highest BCUT2D eigenvalue weighted by Crippen LogP contribution is 2.34. The second-order valence-corrected chi connectivity index (χ2v) is 6.17. The standard InChI is InChI=1S/C16H22BrN3O/c1-10(2)20-16(14(21-5)9-19-20)15(18-4)12-7-6-8-13(17)11(12)3/h6-10,15,18H,1-5H3. The fraction of sp³-hybridized carbons (Fsp3) is 0.438. The molecular weight excluding hydrogens is 330 g/mol. The highest BCUT2D eigenvalue weighted by atomic mass is 79.9. The molecular formula is C16H22BrN3O. The van der Waals surface area contributed by atoms with Gasteiger partial charge in [-0.05, 0) is 45.0 Å². The van der Waals surface area contributed by atoms with Gasteiger partial charge in [0, 0.05) is 10.5 Å². The van der Waals surface area contributed by atoms with Gasteiger partial charge in [0.25, 0.3) is 0 Å². The largest absolute Gasteiger partial charge is 0.493 e. The second kappa shape index (κ2) is 6.62. The Hall–Kier alpha value is -1.33. The van der Waals surface area contributed by atoms with Crippen LogP contribution in [0.1, 0.15) is 42.8 Å². The minimum Gasteiger partial charge on any atom is -0.493 e. The number of benzene rings is 1. The second-order valence-electron chi connectivity index (χ2n) is 5.31. The lowest BCUT2D eigenvalue weighted by atomic mass is 9.98. The summed E-state index contributed by atoms with van der Waals surface area (Å²) in [5, 5.41) is 7.87. The van der Waals surface area contributed by atoms with E-state index in [9.17, 15) is 0 Å². The predicted molar refractivity (Wildman–Crippen MR) is 88.9 cm³/mol. The van der Waals surface area contributed by atoms with Gasteiger partial charge in [-0.3, -0.25) is 4.68 Å². The molecule has 5 heteroatoms. The number of halogens is 1. The van der Waals surface area contributed by atoms with Crippen LogP contribution in [0, 0.1) is 6.92 Å². The molecule has 0 aliphatic carbocycles. The first-order chi connectivity index (χ1) is 10.0. The molecule has 114 valence electrons. The molecule has 2 rings (SSSR count). The molecule has 0 spiro atoms. The number of nitrogens with one attached hydrogen (secondary N) is 1. The third kappa shape index (κ3) is 2.99. The van der Waals surface area contributed by atoms with E-state index in [1.54, 1.807) is 13.3 Å². The maximum atomic E-state index is 5.52. The van der Waals surface area contributed by atoms with E-state index in [2.05, 4.69) is 65.3 Å². The number of nitrogens with zero attached hydrogens (tertiary/aromatic N) is 2. The number of hydrogen-bond donors (Lipinski definition) is 1. The summed E-state index contributed by atoms with van der Waals surface area (Å²) in [6, 6.07) is 6.55. The zero-order valence-electron chi connectivity index (χ0n) is 13.1. The van der Waals surface area contributed by atoms with E-state index < -0.39 is 0 Å².